The number of anilines is 1. The monoisotopic (exact) mass is 270 g/mol. The van der Waals surface area contributed by atoms with Crippen LogP contribution in [-0.4, -0.2) is 36.3 Å². The van der Waals surface area contributed by atoms with Gasteiger partial charge in [-0.15, -0.1) is 11.3 Å². The molecule has 1 saturated heterocycles. The molecule has 0 spiro atoms. The van der Waals surface area contributed by atoms with E-state index in [1.165, 1.54) is 18.4 Å². The van der Waals surface area contributed by atoms with Gasteiger partial charge in [-0.2, -0.15) is 0 Å². The summed E-state index contributed by atoms with van der Waals surface area (Å²) >= 11 is 1.50. The van der Waals surface area contributed by atoms with Gasteiger partial charge in [-0.05, 0) is 20.3 Å². The molecule has 1 aliphatic rings. The number of ether oxygens (including phenoxy) is 2. The Morgan fingerprint density at radius 1 is 1.78 bits per heavy atom. The number of esters is 1. The maximum absolute atomic E-state index is 11.2. The number of methoxy groups -OCH3 is 1. The van der Waals surface area contributed by atoms with Crippen LogP contribution in [0.3, 0.4) is 0 Å². The molecule has 1 N–H and O–H groups in total. The van der Waals surface area contributed by atoms with Crippen LogP contribution in [0, 0.1) is 0 Å². The van der Waals surface area contributed by atoms with Gasteiger partial charge in [0.1, 0.15) is 0 Å². The van der Waals surface area contributed by atoms with Crippen molar-refractivity contribution in [2.45, 2.75) is 38.3 Å². The largest absolute Gasteiger partial charge is 0.469 e. The predicted molar refractivity (Wildman–Crippen MR) is 69.9 cm³/mol. The molecule has 0 aliphatic carbocycles. The van der Waals surface area contributed by atoms with Gasteiger partial charge in [-0.3, -0.25) is 4.79 Å². The summed E-state index contributed by atoms with van der Waals surface area (Å²) in [5.74, 6) is -0.268. The summed E-state index contributed by atoms with van der Waals surface area (Å²) in [6, 6.07) is 0. The van der Waals surface area contributed by atoms with Gasteiger partial charge in [0.15, 0.2) is 5.13 Å². The zero-order valence-electron chi connectivity index (χ0n) is 10.9. The Morgan fingerprint density at radius 3 is 3.17 bits per heavy atom. The second-order valence-electron chi connectivity index (χ2n) is 4.70. The van der Waals surface area contributed by atoms with Crippen LogP contribution in [0.5, 0.6) is 0 Å². The smallest absolute Gasteiger partial charge is 0.311 e. The minimum Gasteiger partial charge on any atom is -0.469 e. The molecule has 2 unspecified atom stereocenters. The Labute approximate surface area is 111 Å². The van der Waals surface area contributed by atoms with Gasteiger partial charge in [0.2, 0.25) is 0 Å². The molecule has 1 aromatic rings. The van der Waals surface area contributed by atoms with Crippen molar-refractivity contribution in [3.05, 3.63) is 11.1 Å². The highest BCUT2D eigenvalue weighted by molar-refractivity contribution is 7.13. The van der Waals surface area contributed by atoms with E-state index in [4.69, 9.17) is 4.74 Å². The number of carbonyl (C=O) groups is 1. The third kappa shape index (κ3) is 2.81. The summed E-state index contributed by atoms with van der Waals surface area (Å²) in [6.07, 6.45) is 1.34. The van der Waals surface area contributed by atoms with Crippen LogP contribution in [-0.2, 0) is 20.7 Å². The third-order valence-corrected chi connectivity index (χ3v) is 4.19. The molecule has 1 aromatic heterocycles. The fourth-order valence-electron chi connectivity index (χ4n) is 1.91. The minimum absolute atomic E-state index is 0.0829. The van der Waals surface area contributed by atoms with Gasteiger partial charge in [0.25, 0.3) is 0 Å². The van der Waals surface area contributed by atoms with Crippen molar-refractivity contribution >= 4 is 22.4 Å². The van der Waals surface area contributed by atoms with Crippen molar-refractivity contribution in [2.24, 2.45) is 0 Å². The van der Waals surface area contributed by atoms with E-state index >= 15 is 0 Å². The number of aromatic nitrogens is 1. The summed E-state index contributed by atoms with van der Waals surface area (Å²) < 4.78 is 10.2. The average Bonchev–Trinajstić information content (AvgIpc) is 2.88. The number of hydrogen-bond acceptors (Lipinski definition) is 6. The average molecular weight is 270 g/mol. The Balaban J connectivity index is 2.00. The summed E-state index contributed by atoms with van der Waals surface area (Å²) in [4.78, 5) is 15.5. The lowest BCUT2D eigenvalue weighted by atomic mass is 9.95. The third-order valence-electron chi connectivity index (χ3n) is 3.38. The lowest BCUT2D eigenvalue weighted by molar-refractivity contribution is -0.139. The number of thiazole rings is 1. The highest BCUT2D eigenvalue weighted by Gasteiger charge is 2.37. The fraction of sp³-hybridized carbons (Fsp3) is 0.667. The second kappa shape index (κ2) is 5.24. The number of nitrogens with zero attached hydrogens (tertiary/aromatic N) is 1. The van der Waals surface area contributed by atoms with E-state index in [1.807, 2.05) is 5.38 Å². The molecule has 1 aliphatic heterocycles. The van der Waals surface area contributed by atoms with Crippen molar-refractivity contribution in [1.82, 2.24) is 4.98 Å². The summed E-state index contributed by atoms with van der Waals surface area (Å²) in [7, 11) is 1.38. The molecule has 6 heteroatoms. The first-order chi connectivity index (χ1) is 8.53. The topological polar surface area (TPSA) is 60.5 Å². The van der Waals surface area contributed by atoms with Gasteiger partial charge >= 0.3 is 5.97 Å². The van der Waals surface area contributed by atoms with Gasteiger partial charge in [0, 0.05) is 12.0 Å². The Morgan fingerprint density at radius 2 is 2.56 bits per heavy atom. The highest BCUT2D eigenvalue weighted by Crippen LogP contribution is 2.30. The molecule has 0 radical (unpaired) electrons. The molecular weight excluding hydrogens is 252 g/mol. The van der Waals surface area contributed by atoms with Crippen LogP contribution in [0.25, 0.3) is 0 Å². The summed E-state index contributed by atoms with van der Waals surface area (Å²) in [5, 5.41) is 6.11. The van der Waals surface area contributed by atoms with E-state index in [-0.39, 0.29) is 24.0 Å². The zero-order valence-corrected chi connectivity index (χ0v) is 11.7. The molecule has 0 bridgehead atoms. The Kier molecular flexibility index (Phi) is 3.87. The summed E-state index contributed by atoms with van der Waals surface area (Å²) in [6.45, 7) is 4.96. The van der Waals surface area contributed by atoms with Gasteiger partial charge in [-0.1, -0.05) is 0 Å². The highest BCUT2D eigenvalue weighted by atomic mass is 32.1. The van der Waals surface area contributed by atoms with E-state index in [0.717, 1.165) is 23.9 Å². The van der Waals surface area contributed by atoms with Crippen molar-refractivity contribution in [3.63, 3.8) is 0 Å². The van der Waals surface area contributed by atoms with Crippen molar-refractivity contribution in [1.29, 1.82) is 0 Å². The van der Waals surface area contributed by atoms with E-state index in [2.05, 4.69) is 28.9 Å². The SMILES string of the molecule is COC(=O)Cc1csc(NC2(C)CCOC2C)n1. The molecule has 2 heterocycles. The standard InChI is InChI=1S/C12H18N2O3S/c1-8-12(2,4-5-17-8)14-11-13-9(7-18-11)6-10(15)16-3/h7-8H,4-6H2,1-3H3,(H,13,14). The van der Waals surface area contributed by atoms with Crippen molar-refractivity contribution in [2.75, 3.05) is 19.0 Å². The normalized spacial score (nSPS) is 27.2. The zero-order chi connectivity index (χ0) is 13.2. The first kappa shape index (κ1) is 13.3. The molecule has 1 fully saturated rings. The Bertz CT molecular complexity index is 435. The lowest BCUT2D eigenvalue weighted by Crippen LogP contribution is -2.41. The molecule has 2 rings (SSSR count). The Hall–Kier alpha value is -1.14. The molecule has 18 heavy (non-hydrogen) atoms. The molecule has 5 nitrogen and oxygen atoms in total. The first-order valence-electron chi connectivity index (χ1n) is 5.94. The van der Waals surface area contributed by atoms with Gasteiger partial charge in [-0.25, -0.2) is 4.98 Å². The van der Waals surface area contributed by atoms with Crippen LogP contribution >= 0.6 is 11.3 Å². The lowest BCUT2D eigenvalue weighted by Gasteiger charge is -2.28. The molecule has 0 aromatic carbocycles. The molecule has 0 amide bonds. The second-order valence-corrected chi connectivity index (χ2v) is 5.56. The maximum Gasteiger partial charge on any atom is 0.311 e. The van der Waals surface area contributed by atoms with Crippen LogP contribution in [0.2, 0.25) is 0 Å². The van der Waals surface area contributed by atoms with Gasteiger partial charge < -0.3 is 14.8 Å². The van der Waals surface area contributed by atoms with Crippen LogP contribution < -0.4 is 5.32 Å². The number of carbonyl (C=O) groups excluding carboxylic acids is 1. The fourth-order valence-corrected chi connectivity index (χ4v) is 2.75. The molecule has 2 atom stereocenters. The number of hydrogen-bond donors (Lipinski definition) is 1. The number of nitrogens with one attached hydrogen (secondary N) is 1. The first-order valence-corrected chi connectivity index (χ1v) is 6.82. The van der Waals surface area contributed by atoms with E-state index in [1.54, 1.807) is 0 Å². The molecule has 100 valence electrons. The van der Waals surface area contributed by atoms with Crippen LogP contribution in [0.4, 0.5) is 5.13 Å². The van der Waals surface area contributed by atoms with Crippen LogP contribution in [0.1, 0.15) is 26.0 Å². The predicted octanol–water partition coefficient (Wildman–Crippen LogP) is 1.84. The number of rotatable bonds is 4. The van der Waals surface area contributed by atoms with E-state index in [0.29, 0.717) is 0 Å². The van der Waals surface area contributed by atoms with Gasteiger partial charge in [0.05, 0.1) is 30.9 Å². The minimum atomic E-state index is -0.268. The summed E-state index contributed by atoms with van der Waals surface area (Å²) in [5.41, 5.74) is 0.657. The van der Waals surface area contributed by atoms with Crippen molar-refractivity contribution < 1.29 is 14.3 Å². The van der Waals surface area contributed by atoms with E-state index < -0.39 is 0 Å². The maximum atomic E-state index is 11.2. The van der Waals surface area contributed by atoms with Crippen LogP contribution in [0.15, 0.2) is 5.38 Å². The van der Waals surface area contributed by atoms with E-state index in [9.17, 15) is 4.79 Å². The van der Waals surface area contributed by atoms with Crippen molar-refractivity contribution in [3.8, 4) is 0 Å². The molecular formula is C12H18N2O3S. The molecule has 0 saturated carbocycles. The quantitative estimate of drug-likeness (QED) is 0.846.